The van der Waals surface area contributed by atoms with Gasteiger partial charge in [0.15, 0.2) is 0 Å². The van der Waals surface area contributed by atoms with Crippen LogP contribution in [0, 0.1) is 48.4 Å². The number of aromatic nitrogens is 2. The fourth-order valence-corrected chi connectivity index (χ4v) is 10.2. The summed E-state index contributed by atoms with van der Waals surface area (Å²) in [6, 6.07) is 26.1. The van der Waals surface area contributed by atoms with Gasteiger partial charge >= 0.3 is 0 Å². The molecule has 0 bridgehead atoms. The van der Waals surface area contributed by atoms with Gasteiger partial charge in [-0.25, -0.2) is 0 Å². The maximum Gasteiger partial charge on any atom is 0.0492 e. The van der Waals surface area contributed by atoms with Gasteiger partial charge in [0.1, 0.15) is 0 Å². The number of benzene rings is 4. The van der Waals surface area contributed by atoms with E-state index in [2.05, 4.69) is 131 Å². The SMILES string of the molecule is C#Cc1ccc2c(c1)c1cc(C#CC#Cc3ccc4c(c3)c3cc(C#C)ccc3n4CCCCCCCCCCCCCCCC)ccc1n2CCCCCCCCCCCCCCCC. The van der Waals surface area contributed by atoms with Crippen LogP contribution in [0.5, 0.6) is 0 Å². The van der Waals surface area contributed by atoms with E-state index in [9.17, 15) is 0 Å². The number of nitrogens with zero attached hydrogens (tertiary/aromatic N) is 2. The van der Waals surface area contributed by atoms with Crippen molar-refractivity contribution in [1.82, 2.24) is 9.13 Å². The van der Waals surface area contributed by atoms with Gasteiger partial charge < -0.3 is 9.13 Å². The number of terminal acetylenes is 2. The molecule has 2 heteroatoms. The van der Waals surface area contributed by atoms with Crippen molar-refractivity contribution in [2.75, 3.05) is 0 Å². The first-order valence-electron chi connectivity index (χ1n) is 26.7. The summed E-state index contributed by atoms with van der Waals surface area (Å²) in [5.74, 6) is 18.8. The molecule has 346 valence electrons. The van der Waals surface area contributed by atoms with Crippen LogP contribution in [0.2, 0.25) is 0 Å². The van der Waals surface area contributed by atoms with E-state index in [0.29, 0.717) is 0 Å². The fourth-order valence-electron chi connectivity index (χ4n) is 10.2. The predicted octanol–water partition coefficient (Wildman–Crippen LogP) is 18.2. The van der Waals surface area contributed by atoms with E-state index in [-0.39, 0.29) is 0 Å². The number of unbranched alkanes of at least 4 members (excludes halogenated alkanes) is 26. The molecule has 0 radical (unpaired) electrons. The minimum atomic E-state index is 0.908. The molecule has 0 aliphatic rings. The number of hydrogen-bond acceptors (Lipinski definition) is 0. The molecule has 0 atom stereocenters. The Morgan fingerprint density at radius 1 is 0.318 bits per heavy atom. The van der Waals surface area contributed by atoms with Crippen LogP contribution in [-0.2, 0) is 13.1 Å². The predicted molar refractivity (Wildman–Crippen MR) is 289 cm³/mol. The molecule has 4 aromatic carbocycles. The van der Waals surface area contributed by atoms with Crippen molar-refractivity contribution in [2.45, 2.75) is 207 Å². The summed E-state index contributed by atoms with van der Waals surface area (Å²) in [7, 11) is 0. The third kappa shape index (κ3) is 15.1. The summed E-state index contributed by atoms with van der Waals surface area (Å²) in [6.07, 6.45) is 50.1. The second-order valence-corrected chi connectivity index (χ2v) is 19.2. The van der Waals surface area contributed by atoms with E-state index in [1.807, 2.05) is 0 Å². The van der Waals surface area contributed by atoms with Crippen molar-refractivity contribution in [3.8, 4) is 48.4 Å². The van der Waals surface area contributed by atoms with Gasteiger partial charge in [0.25, 0.3) is 0 Å². The Kier molecular flexibility index (Phi) is 21.8. The molecule has 0 saturated carbocycles. The van der Waals surface area contributed by atoms with Crippen LogP contribution in [0.15, 0.2) is 72.8 Å². The molecule has 0 spiro atoms. The Hall–Kier alpha value is -5.28. The molecular weight excluding hydrogens is 797 g/mol. The van der Waals surface area contributed by atoms with Gasteiger partial charge in [-0.1, -0.05) is 204 Å². The monoisotopic (exact) mass is 877 g/mol. The van der Waals surface area contributed by atoms with E-state index < -0.39 is 0 Å². The van der Waals surface area contributed by atoms with Crippen molar-refractivity contribution < 1.29 is 0 Å². The lowest BCUT2D eigenvalue weighted by Gasteiger charge is -2.08. The van der Waals surface area contributed by atoms with Crippen LogP contribution in [0.1, 0.15) is 216 Å². The molecule has 0 N–H and O–H groups in total. The Morgan fingerprint density at radius 2 is 0.561 bits per heavy atom. The van der Waals surface area contributed by atoms with Crippen LogP contribution in [0.25, 0.3) is 43.6 Å². The summed E-state index contributed by atoms with van der Waals surface area (Å²) in [4.78, 5) is 0. The molecule has 2 heterocycles. The van der Waals surface area contributed by atoms with E-state index in [1.54, 1.807) is 0 Å². The molecule has 0 aliphatic heterocycles. The van der Waals surface area contributed by atoms with Gasteiger partial charge in [-0.05, 0) is 97.5 Å². The van der Waals surface area contributed by atoms with Gasteiger partial charge in [0, 0.05) is 79.0 Å². The summed E-state index contributed by atoms with van der Waals surface area (Å²) in [6.45, 7) is 6.61. The Morgan fingerprint density at radius 3 is 0.833 bits per heavy atom. The average molecular weight is 877 g/mol. The van der Waals surface area contributed by atoms with Crippen molar-refractivity contribution >= 4 is 43.6 Å². The highest BCUT2D eigenvalue weighted by atomic mass is 15.0. The lowest BCUT2D eigenvalue weighted by Crippen LogP contribution is -1.98. The topological polar surface area (TPSA) is 9.86 Å². The summed E-state index contributed by atoms with van der Waals surface area (Å²) < 4.78 is 4.98. The number of fused-ring (bicyclic) bond motifs is 6. The Labute approximate surface area is 401 Å². The van der Waals surface area contributed by atoms with Gasteiger partial charge in [0.2, 0.25) is 0 Å². The first-order chi connectivity index (χ1) is 32.6. The van der Waals surface area contributed by atoms with E-state index in [1.165, 1.54) is 223 Å². The molecule has 6 aromatic rings. The Bertz CT molecular complexity index is 2440. The van der Waals surface area contributed by atoms with Crippen LogP contribution in [-0.4, -0.2) is 9.13 Å². The quantitative estimate of drug-likeness (QED) is 0.0315. The van der Waals surface area contributed by atoms with E-state index in [0.717, 1.165) is 35.3 Å². The summed E-state index contributed by atoms with van der Waals surface area (Å²) in [5.41, 5.74) is 8.72. The zero-order chi connectivity index (χ0) is 46.0. The summed E-state index contributed by atoms with van der Waals surface area (Å²) >= 11 is 0. The minimum absolute atomic E-state index is 0.908. The standard InChI is InChI=1S/C64H80N2/c1-5-9-11-13-15-17-19-21-23-25-27-29-31-35-47-65-61-43-39-53(7-3)49-57(61)59-51-55(41-45-63(59)65)37-33-34-38-56-42-46-64-60(52-56)58-50-54(8-4)40-44-62(58)66(64)48-36-32-30-28-26-24-22-20-18-16-14-12-10-6-2/h3-4,39-46,49-52H,5-6,9-32,35-36,47-48H2,1-2H3. The first kappa shape index (κ1) is 50.1. The highest BCUT2D eigenvalue weighted by Gasteiger charge is 2.13. The largest absolute Gasteiger partial charge is 0.340 e. The molecule has 0 unspecified atom stereocenters. The molecule has 0 saturated heterocycles. The number of aryl methyl sites for hydroxylation is 2. The maximum absolute atomic E-state index is 5.88. The van der Waals surface area contributed by atoms with Crippen LogP contribution in [0.4, 0.5) is 0 Å². The smallest absolute Gasteiger partial charge is 0.0492 e. The molecule has 2 nitrogen and oxygen atoms in total. The first-order valence-corrected chi connectivity index (χ1v) is 26.7. The van der Waals surface area contributed by atoms with Gasteiger partial charge in [-0.15, -0.1) is 12.8 Å². The third-order valence-corrected chi connectivity index (χ3v) is 14.0. The third-order valence-electron chi connectivity index (χ3n) is 14.0. The average Bonchev–Trinajstić information content (AvgIpc) is 3.82. The van der Waals surface area contributed by atoms with Crippen molar-refractivity contribution in [3.05, 3.63) is 95.1 Å². The zero-order valence-corrected chi connectivity index (χ0v) is 41.2. The number of rotatable bonds is 30. The highest BCUT2D eigenvalue weighted by molar-refractivity contribution is 6.10. The second kappa shape index (κ2) is 28.7. The Balaban J connectivity index is 1.03. The normalized spacial score (nSPS) is 11.2. The van der Waals surface area contributed by atoms with Gasteiger partial charge in [-0.3, -0.25) is 0 Å². The molecule has 2 aromatic heterocycles. The second-order valence-electron chi connectivity index (χ2n) is 19.2. The van der Waals surface area contributed by atoms with Crippen molar-refractivity contribution in [3.63, 3.8) is 0 Å². The van der Waals surface area contributed by atoms with Gasteiger partial charge in [-0.2, -0.15) is 0 Å². The van der Waals surface area contributed by atoms with Gasteiger partial charge in [0.05, 0.1) is 0 Å². The van der Waals surface area contributed by atoms with E-state index in [4.69, 9.17) is 12.8 Å². The maximum atomic E-state index is 5.88. The fraction of sp³-hybridized carbons (Fsp3) is 0.500. The lowest BCUT2D eigenvalue weighted by molar-refractivity contribution is 0.528. The number of hydrogen-bond donors (Lipinski definition) is 0. The molecule has 0 fully saturated rings. The van der Waals surface area contributed by atoms with Crippen LogP contribution < -0.4 is 0 Å². The lowest BCUT2D eigenvalue weighted by atomic mass is 10.0. The van der Waals surface area contributed by atoms with Crippen LogP contribution >= 0.6 is 0 Å². The molecule has 6 rings (SSSR count). The minimum Gasteiger partial charge on any atom is -0.340 e. The zero-order valence-electron chi connectivity index (χ0n) is 41.2. The highest BCUT2D eigenvalue weighted by Crippen LogP contribution is 2.33. The van der Waals surface area contributed by atoms with Crippen molar-refractivity contribution in [2.24, 2.45) is 0 Å². The molecular formula is C64H80N2. The van der Waals surface area contributed by atoms with E-state index >= 15 is 0 Å². The molecule has 0 amide bonds. The van der Waals surface area contributed by atoms with Crippen molar-refractivity contribution in [1.29, 1.82) is 0 Å². The van der Waals surface area contributed by atoms with Crippen LogP contribution in [0.3, 0.4) is 0 Å². The summed E-state index contributed by atoms with van der Waals surface area (Å²) in [5, 5.41) is 4.81. The molecule has 0 aliphatic carbocycles. The molecule has 66 heavy (non-hydrogen) atoms.